The molecule has 20 heavy (non-hydrogen) atoms. The highest BCUT2D eigenvalue weighted by atomic mass is 127. The second-order valence-corrected chi connectivity index (χ2v) is 15.6. The van der Waals surface area contributed by atoms with Crippen LogP contribution in [0.2, 0.25) is 0 Å². The molecule has 1 unspecified atom stereocenters. The van der Waals surface area contributed by atoms with E-state index in [4.69, 9.17) is 0 Å². The minimum Gasteiger partial charge on any atom is -0.478 e. The molecular weight excluding hydrogens is 593 g/mol. The van der Waals surface area contributed by atoms with Gasteiger partial charge in [-0.25, -0.2) is 4.79 Å². The van der Waals surface area contributed by atoms with Crippen LogP contribution >= 0.6 is 67.8 Å². The van der Waals surface area contributed by atoms with Gasteiger partial charge in [-0.15, -0.1) is 0 Å². The summed E-state index contributed by atoms with van der Waals surface area (Å²) in [6, 6.07) is 17.3. The van der Waals surface area contributed by atoms with E-state index < -0.39 is 5.97 Å². The van der Waals surface area contributed by atoms with Crippen LogP contribution < -0.4 is 0 Å². The summed E-state index contributed by atoms with van der Waals surface area (Å²) in [6.45, 7) is 0. The standard InChI is InChI=1S/C15H11I3O2/c16-15(17,18)13(10-6-2-1-3-7-10)11-8-4-5-9-12(11)14(19)20/h1-9,13H,(H,19,20). The second-order valence-electron chi connectivity index (χ2n) is 4.28. The highest BCUT2D eigenvalue weighted by Gasteiger charge is 2.35. The number of benzene rings is 2. The Kier molecular flexibility index (Phi) is 5.69. The van der Waals surface area contributed by atoms with Gasteiger partial charge >= 0.3 is 5.97 Å². The molecule has 5 heteroatoms. The van der Waals surface area contributed by atoms with Crippen LogP contribution in [-0.4, -0.2) is 10.5 Å². The highest BCUT2D eigenvalue weighted by Crippen LogP contribution is 2.51. The largest absolute Gasteiger partial charge is 0.478 e. The van der Waals surface area contributed by atoms with Crippen molar-refractivity contribution in [1.82, 2.24) is 0 Å². The number of carboxylic acid groups (broad SMARTS) is 1. The van der Waals surface area contributed by atoms with Gasteiger partial charge in [0, 0.05) is 5.92 Å². The molecule has 0 amide bonds. The Morgan fingerprint density at radius 2 is 1.50 bits per heavy atom. The van der Waals surface area contributed by atoms with E-state index in [-0.39, 0.29) is 5.35 Å². The summed E-state index contributed by atoms with van der Waals surface area (Å²) >= 11 is 7.10. The fourth-order valence-corrected chi connectivity index (χ4v) is 4.22. The van der Waals surface area contributed by atoms with E-state index in [2.05, 4.69) is 67.8 Å². The number of carbonyl (C=O) groups is 1. The Hall–Kier alpha value is 0.100. The molecular formula is C15H11I3O2. The molecule has 2 rings (SSSR count). The van der Waals surface area contributed by atoms with Crippen molar-refractivity contribution in [1.29, 1.82) is 0 Å². The van der Waals surface area contributed by atoms with Crippen molar-refractivity contribution in [2.24, 2.45) is 0 Å². The quantitative estimate of drug-likeness (QED) is 0.372. The molecule has 0 bridgehead atoms. The van der Waals surface area contributed by atoms with Crippen LogP contribution in [0, 0.1) is 0 Å². The number of carboxylic acids is 1. The van der Waals surface area contributed by atoms with E-state index >= 15 is 0 Å². The number of rotatable bonds is 4. The second kappa shape index (κ2) is 6.91. The zero-order chi connectivity index (χ0) is 14.8. The molecule has 2 aromatic carbocycles. The predicted molar refractivity (Wildman–Crippen MR) is 106 cm³/mol. The van der Waals surface area contributed by atoms with Gasteiger partial charge in [-0.1, -0.05) is 116 Å². The number of halogens is 3. The topological polar surface area (TPSA) is 37.3 Å². The summed E-state index contributed by atoms with van der Waals surface area (Å²) in [6.07, 6.45) is 0. The average Bonchev–Trinajstić information content (AvgIpc) is 2.39. The third-order valence-corrected chi connectivity index (χ3v) is 4.83. The molecule has 1 atom stereocenters. The molecule has 0 saturated carbocycles. The zero-order valence-electron chi connectivity index (χ0n) is 10.3. The van der Waals surface area contributed by atoms with Gasteiger partial charge < -0.3 is 5.11 Å². The normalized spacial score (nSPS) is 12.9. The lowest BCUT2D eigenvalue weighted by atomic mass is 9.89. The van der Waals surface area contributed by atoms with E-state index in [0.29, 0.717) is 5.56 Å². The van der Waals surface area contributed by atoms with E-state index in [9.17, 15) is 9.90 Å². The monoisotopic (exact) mass is 604 g/mol. The van der Waals surface area contributed by atoms with Crippen LogP contribution in [0.3, 0.4) is 0 Å². The summed E-state index contributed by atoms with van der Waals surface area (Å²) in [5, 5.41) is 9.42. The Balaban J connectivity index is 2.63. The van der Waals surface area contributed by atoms with E-state index in [1.165, 1.54) is 0 Å². The van der Waals surface area contributed by atoms with E-state index in [0.717, 1.165) is 11.1 Å². The first kappa shape index (κ1) is 16.5. The minimum absolute atomic E-state index is 0.0119. The molecule has 0 heterocycles. The smallest absolute Gasteiger partial charge is 0.335 e. The van der Waals surface area contributed by atoms with E-state index in [1.807, 2.05) is 42.5 Å². The maximum absolute atomic E-state index is 11.5. The van der Waals surface area contributed by atoms with Gasteiger partial charge in [-0.2, -0.15) is 0 Å². The lowest BCUT2D eigenvalue weighted by molar-refractivity contribution is 0.0695. The molecule has 0 aromatic heterocycles. The van der Waals surface area contributed by atoms with E-state index in [1.54, 1.807) is 12.1 Å². The van der Waals surface area contributed by atoms with Gasteiger partial charge in [0.05, 0.1) is 5.56 Å². The molecule has 0 radical (unpaired) electrons. The van der Waals surface area contributed by atoms with Gasteiger partial charge in [-0.05, 0) is 17.2 Å². The van der Waals surface area contributed by atoms with Crippen LogP contribution in [0.5, 0.6) is 0 Å². The number of hydrogen-bond donors (Lipinski definition) is 1. The van der Waals surface area contributed by atoms with Crippen molar-refractivity contribution in [2.75, 3.05) is 0 Å². The molecule has 2 aromatic rings. The fourth-order valence-electron chi connectivity index (χ4n) is 2.13. The first-order valence-electron chi connectivity index (χ1n) is 5.85. The van der Waals surface area contributed by atoms with Crippen LogP contribution in [-0.2, 0) is 0 Å². The fraction of sp³-hybridized carbons (Fsp3) is 0.133. The zero-order valence-corrected chi connectivity index (χ0v) is 16.7. The Morgan fingerprint density at radius 1 is 0.950 bits per heavy atom. The summed E-state index contributed by atoms with van der Waals surface area (Å²) in [4.78, 5) is 11.5. The SMILES string of the molecule is O=C(O)c1ccccc1C(c1ccccc1)C(I)(I)I. The first-order valence-corrected chi connectivity index (χ1v) is 9.08. The van der Waals surface area contributed by atoms with Crippen molar-refractivity contribution in [3.63, 3.8) is 0 Å². The van der Waals surface area contributed by atoms with Gasteiger partial charge in [0.2, 0.25) is 0 Å². The Labute approximate surface area is 158 Å². The van der Waals surface area contributed by atoms with Gasteiger partial charge in [0.15, 0.2) is 0 Å². The van der Waals surface area contributed by atoms with Gasteiger partial charge in [0.1, 0.15) is -0.565 Å². The third-order valence-electron chi connectivity index (χ3n) is 2.96. The van der Waals surface area contributed by atoms with Crippen LogP contribution in [0.25, 0.3) is 0 Å². The Bertz CT molecular complexity index is 606. The lowest BCUT2D eigenvalue weighted by Gasteiger charge is -2.28. The van der Waals surface area contributed by atoms with Gasteiger partial charge in [0.25, 0.3) is 0 Å². The molecule has 0 saturated heterocycles. The first-order chi connectivity index (χ1) is 9.41. The number of hydrogen-bond acceptors (Lipinski definition) is 1. The van der Waals surface area contributed by atoms with Crippen molar-refractivity contribution in [3.8, 4) is 0 Å². The highest BCUT2D eigenvalue weighted by molar-refractivity contribution is 14.3. The van der Waals surface area contributed by atoms with Crippen molar-refractivity contribution in [3.05, 3.63) is 71.3 Å². The molecule has 1 N–H and O–H groups in total. The van der Waals surface area contributed by atoms with Crippen molar-refractivity contribution in [2.45, 2.75) is 5.35 Å². The number of aromatic carboxylic acids is 1. The predicted octanol–water partition coefficient (Wildman–Crippen LogP) is 5.48. The van der Waals surface area contributed by atoms with Crippen LogP contribution in [0.4, 0.5) is 0 Å². The molecule has 0 aliphatic carbocycles. The molecule has 0 aliphatic rings. The average molecular weight is 604 g/mol. The maximum atomic E-state index is 11.5. The summed E-state index contributed by atoms with van der Waals surface area (Å²) in [5.41, 5.74) is 2.35. The molecule has 0 aliphatic heterocycles. The third kappa shape index (κ3) is 3.85. The molecule has 104 valence electrons. The lowest BCUT2D eigenvalue weighted by Crippen LogP contribution is -2.19. The van der Waals surface area contributed by atoms with Crippen molar-refractivity contribution < 1.29 is 9.90 Å². The summed E-state index contributed by atoms with van der Waals surface area (Å²) in [5.74, 6) is -0.868. The number of alkyl halides is 3. The Morgan fingerprint density at radius 3 is 2.05 bits per heavy atom. The van der Waals surface area contributed by atoms with Crippen LogP contribution in [0.15, 0.2) is 54.6 Å². The van der Waals surface area contributed by atoms with Crippen molar-refractivity contribution >= 4 is 73.7 Å². The minimum atomic E-state index is -0.880. The molecule has 2 nitrogen and oxygen atoms in total. The summed E-state index contributed by atoms with van der Waals surface area (Å²) in [7, 11) is 0. The maximum Gasteiger partial charge on any atom is 0.335 e. The summed E-state index contributed by atoms with van der Waals surface area (Å²) < 4.78 is -0.153. The van der Waals surface area contributed by atoms with Gasteiger partial charge in [-0.3, -0.25) is 0 Å². The molecule has 0 spiro atoms. The van der Waals surface area contributed by atoms with Crippen LogP contribution in [0.1, 0.15) is 27.4 Å². The molecule has 0 fully saturated rings.